The van der Waals surface area contributed by atoms with Crippen molar-refractivity contribution in [2.75, 3.05) is 12.4 Å². The Bertz CT molecular complexity index is 643. The third-order valence-corrected chi connectivity index (χ3v) is 2.50. The lowest BCUT2D eigenvalue weighted by Gasteiger charge is -2.07. The summed E-state index contributed by atoms with van der Waals surface area (Å²) in [5.41, 5.74) is 0.406. The van der Waals surface area contributed by atoms with Gasteiger partial charge < -0.3 is 10.1 Å². The number of hydrogen-bond donors (Lipinski definition) is 1. The van der Waals surface area contributed by atoms with Gasteiger partial charge in [0.2, 0.25) is 5.82 Å². The van der Waals surface area contributed by atoms with E-state index in [4.69, 9.17) is 0 Å². The number of ether oxygens (including phenoxy) is 1. The monoisotopic (exact) mass is 273 g/mol. The predicted octanol–water partition coefficient (Wildman–Crippen LogP) is 2.52. The van der Waals surface area contributed by atoms with Gasteiger partial charge in [-0.1, -0.05) is 18.2 Å². The van der Waals surface area contributed by atoms with E-state index in [2.05, 4.69) is 15.0 Å². The van der Waals surface area contributed by atoms with Crippen molar-refractivity contribution in [3.8, 4) is 0 Å². The predicted molar refractivity (Wildman–Crippen MR) is 72.0 cm³/mol. The van der Waals surface area contributed by atoms with Crippen molar-refractivity contribution in [1.82, 2.24) is 4.98 Å². The number of pyridine rings is 1. The molecule has 1 aromatic heterocycles. The van der Waals surface area contributed by atoms with Crippen molar-refractivity contribution in [3.63, 3.8) is 0 Å². The van der Waals surface area contributed by atoms with E-state index in [9.17, 15) is 14.9 Å². The lowest BCUT2D eigenvalue weighted by Crippen LogP contribution is -2.07. The smallest absolute Gasteiger partial charge is 0.356 e. The second-order valence-corrected chi connectivity index (χ2v) is 3.80. The lowest BCUT2D eigenvalue weighted by atomic mass is 10.3. The Kier molecular flexibility index (Phi) is 3.90. The number of esters is 1. The third kappa shape index (κ3) is 2.89. The van der Waals surface area contributed by atoms with E-state index in [1.165, 1.54) is 19.2 Å². The number of methoxy groups -OCH3 is 1. The van der Waals surface area contributed by atoms with Crippen molar-refractivity contribution in [2.24, 2.45) is 0 Å². The van der Waals surface area contributed by atoms with Crippen LogP contribution in [0.3, 0.4) is 0 Å². The van der Waals surface area contributed by atoms with Crippen LogP contribution in [0.1, 0.15) is 10.5 Å². The van der Waals surface area contributed by atoms with Crippen LogP contribution in [-0.4, -0.2) is 23.0 Å². The fourth-order valence-corrected chi connectivity index (χ4v) is 1.57. The number of nitrogens with one attached hydrogen (secondary N) is 1. The Morgan fingerprint density at radius 1 is 1.25 bits per heavy atom. The molecule has 0 aliphatic rings. The molecule has 1 aromatic carbocycles. The highest BCUT2D eigenvalue weighted by molar-refractivity contribution is 5.88. The maximum absolute atomic E-state index is 11.4. The first-order chi connectivity index (χ1) is 9.61. The molecular weight excluding hydrogens is 262 g/mol. The molecule has 7 nitrogen and oxygen atoms in total. The molecule has 1 heterocycles. The molecule has 0 atom stereocenters. The number of nitrogens with zero attached hydrogens (tertiary/aromatic N) is 2. The van der Waals surface area contributed by atoms with Crippen LogP contribution in [0.5, 0.6) is 0 Å². The van der Waals surface area contributed by atoms with Gasteiger partial charge in [0.15, 0.2) is 5.69 Å². The van der Waals surface area contributed by atoms with Gasteiger partial charge in [-0.05, 0) is 18.2 Å². The Morgan fingerprint density at radius 2 is 1.95 bits per heavy atom. The molecule has 2 aromatic rings. The standard InChI is InChI=1S/C13H11N3O4/c1-20-13(17)10-7-8-11(16(18)19)12(15-10)14-9-5-3-2-4-6-9/h2-8H,1H3,(H,14,15). The average molecular weight is 273 g/mol. The van der Waals surface area contributed by atoms with Gasteiger partial charge >= 0.3 is 11.7 Å². The number of anilines is 2. The van der Waals surface area contributed by atoms with E-state index in [1.54, 1.807) is 24.3 Å². The average Bonchev–Trinajstić information content (AvgIpc) is 2.47. The van der Waals surface area contributed by atoms with Crippen molar-refractivity contribution >= 4 is 23.2 Å². The van der Waals surface area contributed by atoms with Gasteiger partial charge in [0.25, 0.3) is 0 Å². The summed E-state index contributed by atoms with van der Waals surface area (Å²) >= 11 is 0. The summed E-state index contributed by atoms with van der Waals surface area (Å²) in [5.74, 6) is -0.667. The van der Waals surface area contributed by atoms with E-state index >= 15 is 0 Å². The molecule has 0 saturated heterocycles. The molecule has 0 aliphatic carbocycles. The van der Waals surface area contributed by atoms with E-state index in [0.717, 1.165) is 0 Å². The third-order valence-electron chi connectivity index (χ3n) is 2.50. The lowest BCUT2D eigenvalue weighted by molar-refractivity contribution is -0.384. The molecule has 1 N–H and O–H groups in total. The molecule has 0 aliphatic heterocycles. The molecule has 2 rings (SSSR count). The highest BCUT2D eigenvalue weighted by atomic mass is 16.6. The van der Waals surface area contributed by atoms with Gasteiger partial charge in [0, 0.05) is 11.8 Å². The Hall–Kier alpha value is -2.96. The zero-order valence-electron chi connectivity index (χ0n) is 10.6. The van der Waals surface area contributed by atoms with Gasteiger partial charge in [-0.2, -0.15) is 0 Å². The summed E-state index contributed by atoms with van der Waals surface area (Å²) in [7, 11) is 1.22. The number of carbonyl (C=O) groups is 1. The molecule has 0 bridgehead atoms. The van der Waals surface area contributed by atoms with Gasteiger partial charge in [0.1, 0.15) is 0 Å². The second-order valence-electron chi connectivity index (χ2n) is 3.80. The van der Waals surface area contributed by atoms with Crippen LogP contribution < -0.4 is 5.32 Å². The molecule has 0 amide bonds. The van der Waals surface area contributed by atoms with Crippen molar-refractivity contribution < 1.29 is 14.5 Å². The molecular formula is C13H11N3O4. The minimum atomic E-state index is -0.656. The van der Waals surface area contributed by atoms with Gasteiger partial charge in [-0.3, -0.25) is 10.1 Å². The minimum absolute atomic E-state index is 0.00321. The number of nitro groups is 1. The Balaban J connectivity index is 2.42. The summed E-state index contributed by atoms with van der Waals surface area (Å²) in [6.45, 7) is 0. The molecule has 0 fully saturated rings. The summed E-state index contributed by atoms with van der Waals surface area (Å²) in [4.78, 5) is 25.8. The Morgan fingerprint density at radius 3 is 2.55 bits per heavy atom. The maximum Gasteiger partial charge on any atom is 0.356 e. The molecule has 0 saturated carbocycles. The first-order valence-corrected chi connectivity index (χ1v) is 5.67. The molecule has 0 radical (unpaired) electrons. The fourth-order valence-electron chi connectivity index (χ4n) is 1.57. The summed E-state index contributed by atoms with van der Waals surface area (Å²) in [6.07, 6.45) is 0. The number of carbonyl (C=O) groups excluding carboxylic acids is 1. The number of benzene rings is 1. The fraction of sp³-hybridized carbons (Fsp3) is 0.0769. The van der Waals surface area contributed by atoms with E-state index in [0.29, 0.717) is 5.69 Å². The number of rotatable bonds is 4. The van der Waals surface area contributed by atoms with Crippen molar-refractivity contribution in [1.29, 1.82) is 0 Å². The summed E-state index contributed by atoms with van der Waals surface area (Å²) < 4.78 is 4.54. The SMILES string of the molecule is COC(=O)c1ccc([N+](=O)[O-])c(Nc2ccccc2)n1. The van der Waals surface area contributed by atoms with Crippen LogP contribution in [0.2, 0.25) is 0 Å². The van der Waals surface area contributed by atoms with Crippen LogP contribution in [0.25, 0.3) is 0 Å². The summed E-state index contributed by atoms with van der Waals surface area (Å²) in [6, 6.07) is 11.3. The van der Waals surface area contributed by atoms with Gasteiger partial charge in [-0.25, -0.2) is 9.78 Å². The van der Waals surface area contributed by atoms with Crippen molar-refractivity contribution in [3.05, 3.63) is 58.3 Å². The molecule has 7 heteroatoms. The molecule has 20 heavy (non-hydrogen) atoms. The van der Waals surface area contributed by atoms with Gasteiger partial charge in [-0.15, -0.1) is 0 Å². The molecule has 0 spiro atoms. The number of aromatic nitrogens is 1. The molecule has 102 valence electrons. The topological polar surface area (TPSA) is 94.4 Å². The quantitative estimate of drug-likeness (QED) is 0.522. The van der Waals surface area contributed by atoms with Crippen LogP contribution in [0.15, 0.2) is 42.5 Å². The summed E-state index contributed by atoms with van der Waals surface area (Å²) in [5, 5.41) is 13.8. The zero-order chi connectivity index (χ0) is 14.5. The van der Waals surface area contributed by atoms with Crippen LogP contribution in [-0.2, 0) is 4.74 Å². The first kappa shape index (κ1) is 13.5. The van der Waals surface area contributed by atoms with E-state index < -0.39 is 10.9 Å². The first-order valence-electron chi connectivity index (χ1n) is 5.67. The number of para-hydroxylation sites is 1. The zero-order valence-corrected chi connectivity index (χ0v) is 10.6. The minimum Gasteiger partial charge on any atom is -0.464 e. The second kappa shape index (κ2) is 5.79. The Labute approximate surface area is 114 Å². The molecule has 0 unspecified atom stereocenters. The number of hydrogen-bond acceptors (Lipinski definition) is 6. The van der Waals surface area contributed by atoms with Crippen LogP contribution in [0.4, 0.5) is 17.2 Å². The van der Waals surface area contributed by atoms with Crippen LogP contribution in [0, 0.1) is 10.1 Å². The van der Waals surface area contributed by atoms with Crippen LogP contribution >= 0.6 is 0 Å². The highest BCUT2D eigenvalue weighted by Crippen LogP contribution is 2.25. The van der Waals surface area contributed by atoms with Crippen molar-refractivity contribution in [2.45, 2.75) is 0 Å². The normalized spacial score (nSPS) is 9.85. The highest BCUT2D eigenvalue weighted by Gasteiger charge is 2.19. The van der Waals surface area contributed by atoms with Gasteiger partial charge in [0.05, 0.1) is 12.0 Å². The largest absolute Gasteiger partial charge is 0.464 e. The van der Waals surface area contributed by atoms with E-state index in [-0.39, 0.29) is 17.2 Å². The maximum atomic E-state index is 11.4. The van der Waals surface area contributed by atoms with E-state index in [1.807, 2.05) is 6.07 Å².